The van der Waals surface area contributed by atoms with E-state index in [2.05, 4.69) is 21.2 Å². The lowest BCUT2D eigenvalue weighted by Crippen LogP contribution is -2.52. The predicted octanol–water partition coefficient (Wildman–Crippen LogP) is 3.84. The SMILES string of the molecule is Fc1ccc(CNC2(CCl)CCC2)cc1Br. The van der Waals surface area contributed by atoms with E-state index in [1.165, 1.54) is 12.5 Å². The summed E-state index contributed by atoms with van der Waals surface area (Å²) < 4.78 is 13.5. The molecule has 0 bridgehead atoms. The third kappa shape index (κ3) is 2.58. The Morgan fingerprint density at radius 2 is 2.19 bits per heavy atom. The fraction of sp³-hybridized carbons (Fsp3) is 0.500. The van der Waals surface area contributed by atoms with Crippen LogP contribution in [0.1, 0.15) is 24.8 Å². The van der Waals surface area contributed by atoms with Gasteiger partial charge in [0.25, 0.3) is 0 Å². The van der Waals surface area contributed by atoms with Crippen molar-refractivity contribution in [3.63, 3.8) is 0 Å². The highest BCUT2D eigenvalue weighted by molar-refractivity contribution is 9.10. The summed E-state index contributed by atoms with van der Waals surface area (Å²) in [5.74, 6) is 0.425. The van der Waals surface area contributed by atoms with Gasteiger partial charge >= 0.3 is 0 Å². The maximum atomic E-state index is 13.0. The molecule has 1 N–H and O–H groups in total. The molecule has 1 aromatic rings. The highest BCUT2D eigenvalue weighted by atomic mass is 79.9. The number of hydrogen-bond acceptors (Lipinski definition) is 1. The predicted molar refractivity (Wildman–Crippen MR) is 68.2 cm³/mol. The van der Waals surface area contributed by atoms with Crippen molar-refractivity contribution in [3.8, 4) is 0 Å². The summed E-state index contributed by atoms with van der Waals surface area (Å²) in [7, 11) is 0. The van der Waals surface area contributed by atoms with E-state index in [-0.39, 0.29) is 11.4 Å². The molecule has 16 heavy (non-hydrogen) atoms. The zero-order valence-corrected chi connectivity index (χ0v) is 11.2. The molecule has 0 radical (unpaired) electrons. The van der Waals surface area contributed by atoms with E-state index in [0.29, 0.717) is 10.4 Å². The molecule has 1 aliphatic rings. The molecule has 4 heteroatoms. The van der Waals surface area contributed by atoms with Gasteiger partial charge in [-0.1, -0.05) is 6.07 Å². The average molecular weight is 307 g/mol. The maximum Gasteiger partial charge on any atom is 0.137 e. The van der Waals surface area contributed by atoms with Gasteiger partial charge in [-0.2, -0.15) is 0 Å². The molecule has 2 rings (SSSR count). The second-order valence-corrected chi connectivity index (χ2v) is 5.49. The van der Waals surface area contributed by atoms with Crippen molar-refractivity contribution >= 4 is 27.5 Å². The van der Waals surface area contributed by atoms with Crippen LogP contribution >= 0.6 is 27.5 Å². The van der Waals surface area contributed by atoms with Crippen LogP contribution in [0.5, 0.6) is 0 Å². The number of benzene rings is 1. The van der Waals surface area contributed by atoms with Crippen LogP contribution in [0.15, 0.2) is 22.7 Å². The van der Waals surface area contributed by atoms with Gasteiger partial charge in [0.05, 0.1) is 4.47 Å². The summed E-state index contributed by atoms with van der Waals surface area (Å²) in [6.07, 6.45) is 3.52. The Morgan fingerprint density at radius 1 is 1.44 bits per heavy atom. The van der Waals surface area contributed by atoms with Crippen LogP contribution in [0.25, 0.3) is 0 Å². The molecule has 0 heterocycles. The summed E-state index contributed by atoms with van der Waals surface area (Å²) in [6, 6.07) is 5.09. The second kappa shape index (κ2) is 5.03. The topological polar surface area (TPSA) is 12.0 Å². The molecule has 0 unspecified atom stereocenters. The lowest BCUT2D eigenvalue weighted by molar-refractivity contribution is 0.211. The van der Waals surface area contributed by atoms with Crippen molar-refractivity contribution in [2.45, 2.75) is 31.3 Å². The van der Waals surface area contributed by atoms with Crippen molar-refractivity contribution < 1.29 is 4.39 Å². The molecule has 0 atom stereocenters. The Labute approximate surface area is 109 Å². The van der Waals surface area contributed by atoms with E-state index >= 15 is 0 Å². The average Bonchev–Trinajstić information content (AvgIpc) is 2.22. The minimum Gasteiger partial charge on any atom is -0.306 e. The fourth-order valence-corrected chi connectivity index (χ4v) is 2.69. The van der Waals surface area contributed by atoms with Crippen LogP contribution in [0.2, 0.25) is 0 Å². The molecule has 0 aliphatic heterocycles. The molecule has 0 saturated heterocycles. The minimum absolute atomic E-state index is 0.114. The van der Waals surface area contributed by atoms with Gasteiger partial charge in [-0.05, 0) is 52.9 Å². The van der Waals surface area contributed by atoms with Gasteiger partial charge in [-0.15, -0.1) is 11.6 Å². The highest BCUT2D eigenvalue weighted by Crippen LogP contribution is 2.33. The number of alkyl halides is 1. The van der Waals surface area contributed by atoms with E-state index < -0.39 is 0 Å². The Bertz CT molecular complexity index is 374. The Morgan fingerprint density at radius 3 is 2.69 bits per heavy atom. The minimum atomic E-state index is -0.223. The lowest BCUT2D eigenvalue weighted by Gasteiger charge is -2.41. The fourth-order valence-electron chi connectivity index (χ4n) is 1.90. The van der Waals surface area contributed by atoms with E-state index in [0.717, 1.165) is 24.9 Å². The van der Waals surface area contributed by atoms with Crippen molar-refractivity contribution in [2.24, 2.45) is 0 Å². The quantitative estimate of drug-likeness (QED) is 0.834. The molecular formula is C12H14BrClFN. The molecule has 1 fully saturated rings. The first-order valence-corrected chi connectivity index (χ1v) is 6.73. The summed E-state index contributed by atoms with van der Waals surface area (Å²) >= 11 is 9.14. The smallest absolute Gasteiger partial charge is 0.137 e. The molecule has 88 valence electrons. The normalized spacial score (nSPS) is 18.2. The first kappa shape index (κ1) is 12.3. The Hall–Kier alpha value is -0.120. The van der Waals surface area contributed by atoms with Gasteiger partial charge in [0.15, 0.2) is 0 Å². The van der Waals surface area contributed by atoms with Crippen molar-refractivity contribution in [3.05, 3.63) is 34.1 Å². The third-order valence-corrected chi connectivity index (χ3v) is 4.34. The summed E-state index contributed by atoms with van der Waals surface area (Å²) in [6.45, 7) is 0.742. The zero-order valence-electron chi connectivity index (χ0n) is 8.90. The van der Waals surface area contributed by atoms with E-state index in [1.54, 1.807) is 6.07 Å². The first-order chi connectivity index (χ1) is 7.65. The van der Waals surface area contributed by atoms with Gasteiger partial charge in [0, 0.05) is 18.0 Å². The lowest BCUT2D eigenvalue weighted by atomic mass is 9.78. The van der Waals surface area contributed by atoms with E-state index in [4.69, 9.17) is 11.6 Å². The van der Waals surface area contributed by atoms with Crippen molar-refractivity contribution in [1.82, 2.24) is 5.32 Å². The number of nitrogens with one attached hydrogen (secondary N) is 1. The van der Waals surface area contributed by atoms with Gasteiger partial charge < -0.3 is 5.32 Å². The number of hydrogen-bond donors (Lipinski definition) is 1. The van der Waals surface area contributed by atoms with Gasteiger partial charge in [-0.25, -0.2) is 4.39 Å². The summed E-state index contributed by atoms with van der Waals surface area (Å²) in [5, 5.41) is 3.47. The van der Waals surface area contributed by atoms with Gasteiger partial charge in [0.1, 0.15) is 5.82 Å². The molecule has 0 spiro atoms. The van der Waals surface area contributed by atoms with E-state index in [1.807, 2.05) is 6.07 Å². The van der Waals surface area contributed by atoms with Gasteiger partial charge in [0.2, 0.25) is 0 Å². The summed E-state index contributed by atoms with van der Waals surface area (Å²) in [5.41, 5.74) is 1.19. The van der Waals surface area contributed by atoms with Crippen LogP contribution < -0.4 is 5.32 Å². The van der Waals surface area contributed by atoms with Crippen molar-refractivity contribution in [2.75, 3.05) is 5.88 Å². The standard InChI is InChI=1S/C12H14BrClFN/c13-10-6-9(2-3-11(10)15)7-16-12(8-14)4-1-5-12/h2-3,6,16H,1,4-5,7-8H2. The number of halogens is 3. The Kier molecular flexibility index (Phi) is 3.88. The molecule has 0 aromatic heterocycles. The first-order valence-electron chi connectivity index (χ1n) is 5.40. The molecular weight excluding hydrogens is 292 g/mol. The largest absolute Gasteiger partial charge is 0.306 e. The van der Waals surface area contributed by atoms with Crippen LogP contribution in [0, 0.1) is 5.82 Å². The van der Waals surface area contributed by atoms with Crippen LogP contribution in [-0.4, -0.2) is 11.4 Å². The maximum absolute atomic E-state index is 13.0. The van der Waals surface area contributed by atoms with Crippen LogP contribution in [0.3, 0.4) is 0 Å². The summed E-state index contributed by atoms with van der Waals surface area (Å²) in [4.78, 5) is 0. The zero-order chi connectivity index (χ0) is 11.6. The monoisotopic (exact) mass is 305 g/mol. The highest BCUT2D eigenvalue weighted by Gasteiger charge is 2.35. The third-order valence-electron chi connectivity index (χ3n) is 3.22. The van der Waals surface area contributed by atoms with E-state index in [9.17, 15) is 4.39 Å². The van der Waals surface area contributed by atoms with Crippen LogP contribution in [-0.2, 0) is 6.54 Å². The second-order valence-electron chi connectivity index (χ2n) is 4.37. The molecule has 1 aromatic carbocycles. The molecule has 1 aliphatic carbocycles. The van der Waals surface area contributed by atoms with Crippen LogP contribution in [0.4, 0.5) is 4.39 Å². The van der Waals surface area contributed by atoms with Gasteiger partial charge in [-0.3, -0.25) is 0 Å². The Balaban J connectivity index is 1.96. The molecule has 1 nitrogen and oxygen atoms in total. The molecule has 1 saturated carbocycles. The van der Waals surface area contributed by atoms with Crippen molar-refractivity contribution in [1.29, 1.82) is 0 Å². The molecule has 0 amide bonds. The number of rotatable bonds is 4.